The number of thiophene rings is 1. The van der Waals surface area contributed by atoms with E-state index < -0.39 is 15.7 Å². The Kier molecular flexibility index (Phi) is 3.87. The molecule has 1 heterocycles. The zero-order valence-electron chi connectivity index (χ0n) is 8.81. The van der Waals surface area contributed by atoms with Crippen LogP contribution in [0.4, 0.5) is 5.69 Å². The highest BCUT2D eigenvalue weighted by molar-refractivity contribution is 8.02. The summed E-state index contributed by atoms with van der Waals surface area (Å²) >= 11 is 2.36. The van der Waals surface area contributed by atoms with Crippen LogP contribution in [0.1, 0.15) is 16.6 Å². The van der Waals surface area contributed by atoms with Gasteiger partial charge in [-0.25, -0.2) is 8.42 Å². The van der Waals surface area contributed by atoms with Crippen LogP contribution >= 0.6 is 23.1 Å². The maximum absolute atomic E-state index is 11.5. The number of hydrogen-bond acceptors (Lipinski definition) is 6. The van der Waals surface area contributed by atoms with Crippen molar-refractivity contribution < 1.29 is 13.2 Å². The molecule has 1 aromatic heterocycles. The fraction of sp³-hybridized carbons (Fsp3) is 0.375. The third-order valence-electron chi connectivity index (χ3n) is 1.74. The number of primary amides is 1. The minimum absolute atomic E-state index is 0.0261. The number of nitrogens with two attached hydrogens (primary N) is 2. The van der Waals surface area contributed by atoms with Crippen LogP contribution in [0.5, 0.6) is 0 Å². The molecule has 0 aromatic carbocycles. The van der Waals surface area contributed by atoms with Crippen molar-refractivity contribution in [1.82, 2.24) is 0 Å². The predicted octanol–water partition coefficient (Wildman–Crippen LogP) is 0.945. The number of amides is 1. The Hall–Kier alpha value is -0.730. The third-order valence-corrected chi connectivity index (χ3v) is 5.54. The minimum atomic E-state index is -3.44. The van der Waals surface area contributed by atoms with Gasteiger partial charge in [-0.15, -0.1) is 23.1 Å². The van der Waals surface area contributed by atoms with Gasteiger partial charge < -0.3 is 11.5 Å². The van der Waals surface area contributed by atoms with Gasteiger partial charge in [0.15, 0.2) is 9.84 Å². The van der Waals surface area contributed by atoms with Crippen molar-refractivity contribution in [3.05, 3.63) is 4.88 Å². The molecule has 0 radical (unpaired) electrons. The lowest BCUT2D eigenvalue weighted by atomic mass is 10.4. The Labute approximate surface area is 102 Å². The van der Waals surface area contributed by atoms with Crippen LogP contribution in [0.25, 0.3) is 0 Å². The number of anilines is 1. The van der Waals surface area contributed by atoms with Gasteiger partial charge in [0, 0.05) is 6.26 Å². The molecule has 90 valence electrons. The number of hydrogen-bond donors (Lipinski definition) is 2. The first kappa shape index (κ1) is 13.3. The minimum Gasteiger partial charge on any atom is -0.396 e. The van der Waals surface area contributed by atoms with E-state index in [0.29, 0.717) is 9.96 Å². The molecule has 4 N–H and O–H groups in total. The monoisotopic (exact) mass is 280 g/mol. The van der Waals surface area contributed by atoms with Gasteiger partial charge >= 0.3 is 0 Å². The zero-order chi connectivity index (χ0) is 12.5. The van der Waals surface area contributed by atoms with E-state index in [9.17, 15) is 13.2 Å². The average molecular weight is 280 g/mol. The lowest BCUT2D eigenvalue weighted by Gasteiger charge is -2.00. The van der Waals surface area contributed by atoms with Gasteiger partial charge in [0.1, 0.15) is 9.77 Å². The molecule has 0 bridgehead atoms. The van der Waals surface area contributed by atoms with Gasteiger partial charge in [-0.05, 0) is 5.75 Å². The summed E-state index contributed by atoms with van der Waals surface area (Å²) in [5, 5.41) is 0. The number of carbonyl (C=O) groups excluding carboxylic acids is 1. The number of nitrogen functional groups attached to an aromatic ring is 1. The number of sulfone groups is 1. The first-order chi connectivity index (χ1) is 7.29. The van der Waals surface area contributed by atoms with Crippen LogP contribution in [0.2, 0.25) is 0 Å². The molecule has 0 fully saturated rings. The zero-order valence-corrected chi connectivity index (χ0v) is 11.3. The van der Waals surface area contributed by atoms with Gasteiger partial charge in [0.2, 0.25) is 0 Å². The Morgan fingerprint density at radius 2 is 2.06 bits per heavy atom. The smallest absolute Gasteiger partial charge is 0.260 e. The first-order valence-electron chi connectivity index (χ1n) is 4.34. The van der Waals surface area contributed by atoms with E-state index in [4.69, 9.17) is 11.5 Å². The highest BCUT2D eigenvalue weighted by Gasteiger charge is 2.25. The van der Waals surface area contributed by atoms with Crippen LogP contribution in [0, 0.1) is 0 Å². The Balaban J connectivity index is 3.50. The van der Waals surface area contributed by atoms with Gasteiger partial charge in [0.05, 0.1) is 9.90 Å². The van der Waals surface area contributed by atoms with Gasteiger partial charge in [-0.2, -0.15) is 0 Å². The SMILES string of the molecule is CCSc1sc(C(N)=O)c(N)c1S(C)(=O)=O. The normalized spacial score (nSPS) is 11.6. The van der Waals surface area contributed by atoms with Crippen molar-refractivity contribution in [2.45, 2.75) is 16.0 Å². The summed E-state index contributed by atoms with van der Waals surface area (Å²) in [6.07, 6.45) is 1.07. The predicted molar refractivity (Wildman–Crippen MR) is 66.8 cm³/mol. The molecule has 0 unspecified atom stereocenters. The van der Waals surface area contributed by atoms with E-state index in [2.05, 4.69) is 0 Å². The summed E-state index contributed by atoms with van der Waals surface area (Å²) in [4.78, 5) is 11.2. The molecule has 0 saturated carbocycles. The van der Waals surface area contributed by atoms with Gasteiger partial charge in [0.25, 0.3) is 5.91 Å². The number of carbonyl (C=O) groups is 1. The third kappa shape index (κ3) is 2.50. The summed E-state index contributed by atoms with van der Waals surface area (Å²) < 4.78 is 23.6. The van der Waals surface area contributed by atoms with E-state index in [-0.39, 0.29) is 15.5 Å². The molecule has 0 aliphatic rings. The molecule has 0 aliphatic carbocycles. The Morgan fingerprint density at radius 1 is 1.50 bits per heavy atom. The quantitative estimate of drug-likeness (QED) is 0.799. The van der Waals surface area contributed by atoms with Crippen LogP contribution in [0.3, 0.4) is 0 Å². The van der Waals surface area contributed by atoms with Crippen molar-refractivity contribution in [1.29, 1.82) is 0 Å². The van der Waals surface area contributed by atoms with Crippen LogP contribution < -0.4 is 11.5 Å². The van der Waals surface area contributed by atoms with Crippen molar-refractivity contribution in [3.63, 3.8) is 0 Å². The molecule has 1 rings (SSSR count). The standard InChI is InChI=1S/C8H12N2O3S3/c1-3-14-8-6(16(2,12)13)4(9)5(15-8)7(10)11/h3,9H2,1-2H3,(H2,10,11). The largest absolute Gasteiger partial charge is 0.396 e. The van der Waals surface area contributed by atoms with E-state index >= 15 is 0 Å². The average Bonchev–Trinajstić information content (AvgIpc) is 2.42. The van der Waals surface area contributed by atoms with Crippen molar-refractivity contribution in [2.75, 3.05) is 17.7 Å². The summed E-state index contributed by atoms with van der Waals surface area (Å²) in [6, 6.07) is 0. The molecule has 1 aromatic rings. The van der Waals surface area contributed by atoms with Gasteiger partial charge in [-0.1, -0.05) is 6.92 Å². The summed E-state index contributed by atoms with van der Waals surface area (Å²) in [5.41, 5.74) is 10.7. The number of thioether (sulfide) groups is 1. The molecule has 1 amide bonds. The molecule has 0 aliphatic heterocycles. The second kappa shape index (κ2) is 4.64. The molecule has 0 saturated heterocycles. The molecule has 0 spiro atoms. The fourth-order valence-corrected chi connectivity index (χ4v) is 5.29. The Bertz CT molecular complexity index is 519. The van der Waals surface area contributed by atoms with E-state index in [1.165, 1.54) is 11.8 Å². The molecular formula is C8H12N2O3S3. The van der Waals surface area contributed by atoms with Crippen molar-refractivity contribution in [3.8, 4) is 0 Å². The van der Waals surface area contributed by atoms with Crippen LogP contribution in [-0.4, -0.2) is 26.3 Å². The molecule has 0 atom stereocenters. The second-order valence-corrected chi connectivity index (χ2v) is 7.54. The van der Waals surface area contributed by atoms with Crippen molar-refractivity contribution in [2.24, 2.45) is 5.73 Å². The Morgan fingerprint density at radius 3 is 2.44 bits per heavy atom. The first-order valence-corrected chi connectivity index (χ1v) is 8.03. The molecular weight excluding hydrogens is 268 g/mol. The summed E-state index contributed by atoms with van der Waals surface area (Å²) in [6.45, 7) is 1.89. The highest BCUT2D eigenvalue weighted by Crippen LogP contribution is 2.40. The van der Waals surface area contributed by atoms with Crippen LogP contribution in [-0.2, 0) is 9.84 Å². The second-order valence-electron chi connectivity index (χ2n) is 3.03. The number of rotatable bonds is 4. The summed E-state index contributed by atoms with van der Waals surface area (Å²) in [7, 11) is -3.44. The topological polar surface area (TPSA) is 103 Å². The van der Waals surface area contributed by atoms with Crippen LogP contribution in [0.15, 0.2) is 9.10 Å². The highest BCUT2D eigenvalue weighted by atomic mass is 32.2. The van der Waals surface area contributed by atoms with Crippen molar-refractivity contribution >= 4 is 44.5 Å². The maximum Gasteiger partial charge on any atom is 0.260 e. The molecule has 5 nitrogen and oxygen atoms in total. The lowest BCUT2D eigenvalue weighted by molar-refractivity contribution is 0.100. The van der Waals surface area contributed by atoms with E-state index in [0.717, 1.165) is 17.6 Å². The maximum atomic E-state index is 11.5. The van der Waals surface area contributed by atoms with E-state index in [1.54, 1.807) is 0 Å². The van der Waals surface area contributed by atoms with E-state index in [1.807, 2.05) is 6.92 Å². The van der Waals surface area contributed by atoms with Gasteiger partial charge in [-0.3, -0.25) is 4.79 Å². The lowest BCUT2D eigenvalue weighted by Crippen LogP contribution is -2.12. The molecule has 16 heavy (non-hydrogen) atoms. The molecule has 8 heteroatoms. The summed E-state index contributed by atoms with van der Waals surface area (Å²) in [5.74, 6) is -0.00363. The fourth-order valence-electron chi connectivity index (χ4n) is 1.17.